The Labute approximate surface area is 101 Å². The van der Waals surface area contributed by atoms with Gasteiger partial charge in [-0.2, -0.15) is 5.10 Å². The number of aromatic nitrogens is 3. The molecule has 3 rings (SSSR count). The smallest absolute Gasteiger partial charge is 0.407 e. The lowest BCUT2D eigenvalue weighted by atomic mass is 10.3. The van der Waals surface area contributed by atoms with E-state index in [1.54, 1.807) is 42.3 Å². The molecule has 2 aromatic heterocycles. The van der Waals surface area contributed by atoms with Crippen molar-refractivity contribution in [3.05, 3.63) is 46.2 Å². The molecule has 0 aliphatic carbocycles. The molecule has 0 unspecified atom stereocenters. The van der Waals surface area contributed by atoms with Crippen LogP contribution in [0.5, 0.6) is 0 Å². The number of aryl methyl sites for hydroxylation is 1. The van der Waals surface area contributed by atoms with E-state index in [9.17, 15) is 4.79 Å². The lowest BCUT2D eigenvalue weighted by Gasteiger charge is -1.96. The van der Waals surface area contributed by atoms with Gasteiger partial charge >= 0.3 is 5.76 Å². The van der Waals surface area contributed by atoms with Crippen molar-refractivity contribution < 1.29 is 4.42 Å². The summed E-state index contributed by atoms with van der Waals surface area (Å²) in [6.45, 7) is 0. The SMILES string of the molecule is Cn1cc(-n2c(=O)oc3ccc(Cl)cc32)cn1. The summed E-state index contributed by atoms with van der Waals surface area (Å²) in [6.07, 6.45) is 3.33. The molecular formula is C11H8ClN3O2. The highest BCUT2D eigenvalue weighted by Crippen LogP contribution is 2.20. The molecular weight excluding hydrogens is 242 g/mol. The average Bonchev–Trinajstić information content (AvgIpc) is 2.81. The van der Waals surface area contributed by atoms with Crippen LogP contribution in [0, 0.1) is 0 Å². The van der Waals surface area contributed by atoms with Gasteiger partial charge < -0.3 is 4.42 Å². The molecule has 86 valence electrons. The number of oxazole rings is 1. The van der Waals surface area contributed by atoms with Crippen LogP contribution in [-0.2, 0) is 7.05 Å². The number of fused-ring (bicyclic) bond motifs is 1. The van der Waals surface area contributed by atoms with E-state index in [1.165, 1.54) is 4.57 Å². The minimum Gasteiger partial charge on any atom is -0.407 e. The molecule has 6 heteroatoms. The second kappa shape index (κ2) is 3.49. The number of hydrogen-bond acceptors (Lipinski definition) is 3. The van der Waals surface area contributed by atoms with Gasteiger partial charge in [0.25, 0.3) is 0 Å². The minimum atomic E-state index is -0.449. The number of hydrogen-bond donors (Lipinski definition) is 0. The van der Waals surface area contributed by atoms with Gasteiger partial charge in [-0.05, 0) is 18.2 Å². The van der Waals surface area contributed by atoms with Crippen LogP contribution in [0.3, 0.4) is 0 Å². The van der Waals surface area contributed by atoms with Gasteiger partial charge in [-0.3, -0.25) is 4.68 Å². The monoisotopic (exact) mass is 249 g/mol. The molecule has 0 radical (unpaired) electrons. The molecule has 3 aromatic rings. The second-order valence-electron chi connectivity index (χ2n) is 3.69. The van der Waals surface area contributed by atoms with E-state index < -0.39 is 5.76 Å². The van der Waals surface area contributed by atoms with E-state index in [4.69, 9.17) is 16.0 Å². The first-order valence-electron chi connectivity index (χ1n) is 4.95. The fourth-order valence-corrected chi connectivity index (χ4v) is 1.92. The van der Waals surface area contributed by atoms with Crippen LogP contribution in [0.15, 0.2) is 39.8 Å². The van der Waals surface area contributed by atoms with Crippen molar-refractivity contribution in [2.75, 3.05) is 0 Å². The Morgan fingerprint density at radius 2 is 2.24 bits per heavy atom. The fraction of sp³-hybridized carbons (Fsp3) is 0.0909. The molecule has 0 atom stereocenters. The number of benzene rings is 1. The first-order valence-corrected chi connectivity index (χ1v) is 5.33. The van der Waals surface area contributed by atoms with Crippen LogP contribution in [-0.4, -0.2) is 14.3 Å². The van der Waals surface area contributed by atoms with E-state index in [-0.39, 0.29) is 0 Å². The Balaban J connectivity index is 2.39. The lowest BCUT2D eigenvalue weighted by Crippen LogP contribution is -2.10. The van der Waals surface area contributed by atoms with E-state index in [0.29, 0.717) is 21.8 Å². The predicted octanol–water partition coefficient (Wildman–Crippen LogP) is 1.97. The topological polar surface area (TPSA) is 53.0 Å². The van der Waals surface area contributed by atoms with Crippen molar-refractivity contribution in [1.29, 1.82) is 0 Å². The largest absolute Gasteiger partial charge is 0.424 e. The van der Waals surface area contributed by atoms with Crippen molar-refractivity contribution in [2.45, 2.75) is 0 Å². The molecule has 0 N–H and O–H groups in total. The zero-order chi connectivity index (χ0) is 12.0. The van der Waals surface area contributed by atoms with Crippen LogP contribution >= 0.6 is 11.6 Å². The van der Waals surface area contributed by atoms with Crippen molar-refractivity contribution in [2.24, 2.45) is 7.05 Å². The van der Waals surface area contributed by atoms with E-state index in [1.807, 2.05) is 0 Å². The van der Waals surface area contributed by atoms with Gasteiger partial charge in [0.2, 0.25) is 0 Å². The van der Waals surface area contributed by atoms with Gasteiger partial charge in [0, 0.05) is 18.3 Å². The van der Waals surface area contributed by atoms with Gasteiger partial charge in [0.1, 0.15) is 0 Å². The van der Waals surface area contributed by atoms with Crippen LogP contribution in [0.2, 0.25) is 5.02 Å². The third-order valence-electron chi connectivity index (χ3n) is 2.49. The number of rotatable bonds is 1. The summed E-state index contributed by atoms with van der Waals surface area (Å²) in [6, 6.07) is 5.04. The molecule has 0 saturated heterocycles. The van der Waals surface area contributed by atoms with Crippen LogP contribution < -0.4 is 5.76 Å². The third-order valence-corrected chi connectivity index (χ3v) is 2.73. The highest BCUT2D eigenvalue weighted by Gasteiger charge is 2.12. The molecule has 2 heterocycles. The van der Waals surface area contributed by atoms with Gasteiger partial charge in [-0.25, -0.2) is 9.36 Å². The predicted molar refractivity (Wildman–Crippen MR) is 63.6 cm³/mol. The minimum absolute atomic E-state index is 0.449. The second-order valence-corrected chi connectivity index (χ2v) is 4.12. The van der Waals surface area contributed by atoms with Gasteiger partial charge in [-0.1, -0.05) is 11.6 Å². The summed E-state index contributed by atoms with van der Waals surface area (Å²) < 4.78 is 8.18. The normalized spacial score (nSPS) is 11.2. The Hall–Kier alpha value is -2.01. The highest BCUT2D eigenvalue weighted by atomic mass is 35.5. The quantitative estimate of drug-likeness (QED) is 0.663. The highest BCUT2D eigenvalue weighted by molar-refractivity contribution is 6.31. The van der Waals surface area contributed by atoms with Crippen molar-refractivity contribution in [3.63, 3.8) is 0 Å². The fourth-order valence-electron chi connectivity index (χ4n) is 1.76. The summed E-state index contributed by atoms with van der Waals surface area (Å²) in [5.41, 5.74) is 1.79. The molecule has 17 heavy (non-hydrogen) atoms. The average molecular weight is 250 g/mol. The van der Waals surface area contributed by atoms with Crippen molar-refractivity contribution in [3.8, 4) is 5.69 Å². The molecule has 5 nitrogen and oxygen atoms in total. The molecule has 0 spiro atoms. The molecule has 0 aliphatic rings. The van der Waals surface area contributed by atoms with E-state index in [2.05, 4.69) is 5.10 Å². The number of halogens is 1. The van der Waals surface area contributed by atoms with Gasteiger partial charge in [-0.15, -0.1) is 0 Å². The zero-order valence-corrected chi connectivity index (χ0v) is 9.68. The maximum absolute atomic E-state index is 11.8. The van der Waals surface area contributed by atoms with E-state index >= 15 is 0 Å². The van der Waals surface area contributed by atoms with Gasteiger partial charge in [0.05, 0.1) is 17.4 Å². The summed E-state index contributed by atoms with van der Waals surface area (Å²) in [5.74, 6) is -0.449. The standard InChI is InChI=1S/C11H8ClN3O2/c1-14-6-8(5-13-14)15-9-4-7(12)2-3-10(9)17-11(15)16/h2-6H,1H3. The Kier molecular flexibility index (Phi) is 2.09. The first-order chi connectivity index (χ1) is 8.15. The molecule has 0 saturated carbocycles. The molecule has 0 fully saturated rings. The zero-order valence-electron chi connectivity index (χ0n) is 8.92. The Morgan fingerprint density at radius 1 is 1.41 bits per heavy atom. The maximum atomic E-state index is 11.8. The lowest BCUT2D eigenvalue weighted by molar-refractivity contribution is 0.540. The third kappa shape index (κ3) is 1.55. The van der Waals surface area contributed by atoms with Crippen LogP contribution in [0.25, 0.3) is 16.8 Å². The summed E-state index contributed by atoms with van der Waals surface area (Å²) >= 11 is 5.91. The van der Waals surface area contributed by atoms with Gasteiger partial charge in [0.15, 0.2) is 5.58 Å². The first kappa shape index (κ1) is 10.2. The van der Waals surface area contributed by atoms with Crippen molar-refractivity contribution >= 4 is 22.7 Å². The van der Waals surface area contributed by atoms with Crippen LogP contribution in [0.1, 0.15) is 0 Å². The molecule has 0 aliphatic heterocycles. The summed E-state index contributed by atoms with van der Waals surface area (Å²) in [7, 11) is 1.78. The molecule has 1 aromatic carbocycles. The molecule has 0 bridgehead atoms. The maximum Gasteiger partial charge on any atom is 0.424 e. The molecule has 0 amide bonds. The van der Waals surface area contributed by atoms with Crippen molar-refractivity contribution in [1.82, 2.24) is 14.3 Å². The summed E-state index contributed by atoms with van der Waals surface area (Å²) in [4.78, 5) is 11.8. The Morgan fingerprint density at radius 3 is 2.94 bits per heavy atom. The Bertz CT molecular complexity index is 754. The number of nitrogens with zero attached hydrogens (tertiary/aromatic N) is 3. The van der Waals surface area contributed by atoms with Crippen LogP contribution in [0.4, 0.5) is 0 Å². The summed E-state index contributed by atoms with van der Waals surface area (Å²) in [5, 5.41) is 4.58. The van der Waals surface area contributed by atoms with E-state index in [0.717, 1.165) is 0 Å².